The lowest BCUT2D eigenvalue weighted by atomic mass is 10.1. The monoisotopic (exact) mass is 265 g/mol. The molecule has 1 N–H and O–H groups in total. The fraction of sp³-hybridized carbons (Fsp3) is 0.667. The van der Waals surface area contributed by atoms with E-state index < -0.39 is 0 Å². The number of nitrogens with zero attached hydrogens (tertiary/aromatic N) is 2. The molecular formula is C15H27N3O. The Morgan fingerprint density at radius 3 is 2.58 bits per heavy atom. The van der Waals surface area contributed by atoms with Crippen molar-refractivity contribution >= 4 is 5.91 Å². The van der Waals surface area contributed by atoms with E-state index in [0.717, 1.165) is 19.5 Å². The van der Waals surface area contributed by atoms with Gasteiger partial charge in [-0.25, -0.2) is 0 Å². The topological polar surface area (TPSA) is 35.6 Å². The molecule has 4 nitrogen and oxygen atoms in total. The Bertz CT molecular complexity index is 286. The van der Waals surface area contributed by atoms with E-state index in [1.54, 1.807) is 17.1 Å². The van der Waals surface area contributed by atoms with E-state index in [0.29, 0.717) is 25.7 Å². The van der Waals surface area contributed by atoms with Gasteiger partial charge in [0.1, 0.15) is 0 Å². The average molecular weight is 265 g/mol. The second-order valence-electron chi connectivity index (χ2n) is 5.13. The first-order valence-electron chi connectivity index (χ1n) is 7.09. The first-order valence-corrected chi connectivity index (χ1v) is 7.09. The summed E-state index contributed by atoms with van der Waals surface area (Å²) in [5.41, 5.74) is 0. The smallest absolute Gasteiger partial charge is 0.237 e. The lowest BCUT2D eigenvalue weighted by molar-refractivity contribution is -0.131. The van der Waals surface area contributed by atoms with Gasteiger partial charge in [-0.1, -0.05) is 12.2 Å². The predicted octanol–water partition coefficient (Wildman–Crippen LogP) is 1.26. The van der Waals surface area contributed by atoms with Crippen LogP contribution in [-0.4, -0.2) is 61.5 Å². The average Bonchev–Trinajstić information content (AvgIpc) is 2.67. The fourth-order valence-corrected chi connectivity index (χ4v) is 2.47. The first-order chi connectivity index (χ1) is 9.19. The Balaban J connectivity index is 2.47. The molecule has 1 aliphatic rings. The number of nitrogens with one attached hydrogen (secondary N) is 1. The molecular weight excluding hydrogens is 238 g/mol. The second kappa shape index (κ2) is 8.88. The van der Waals surface area contributed by atoms with Crippen molar-refractivity contribution in [3.8, 4) is 0 Å². The SMILES string of the molecule is C=CCN(CC=C)C(=O)CN(C)C1CCCNCC1. The van der Waals surface area contributed by atoms with Crippen LogP contribution >= 0.6 is 0 Å². The summed E-state index contributed by atoms with van der Waals surface area (Å²) in [6.45, 7) is 11.2. The molecule has 0 aromatic heterocycles. The van der Waals surface area contributed by atoms with Crippen LogP contribution in [0.25, 0.3) is 0 Å². The van der Waals surface area contributed by atoms with E-state index in [9.17, 15) is 4.79 Å². The van der Waals surface area contributed by atoms with Crippen LogP contribution < -0.4 is 5.32 Å². The molecule has 0 radical (unpaired) electrons. The van der Waals surface area contributed by atoms with Crippen LogP contribution in [0.15, 0.2) is 25.3 Å². The van der Waals surface area contributed by atoms with Gasteiger partial charge in [0.2, 0.25) is 5.91 Å². The van der Waals surface area contributed by atoms with Crippen LogP contribution in [-0.2, 0) is 4.79 Å². The van der Waals surface area contributed by atoms with Crippen molar-refractivity contribution in [3.63, 3.8) is 0 Å². The van der Waals surface area contributed by atoms with Gasteiger partial charge in [-0.2, -0.15) is 0 Å². The van der Waals surface area contributed by atoms with Crippen LogP contribution in [0.4, 0.5) is 0 Å². The zero-order valence-electron chi connectivity index (χ0n) is 12.1. The van der Waals surface area contributed by atoms with E-state index in [4.69, 9.17) is 0 Å². The van der Waals surface area contributed by atoms with Gasteiger partial charge in [-0.05, 0) is 39.4 Å². The predicted molar refractivity (Wildman–Crippen MR) is 80.1 cm³/mol. The Hall–Kier alpha value is -1.13. The maximum Gasteiger partial charge on any atom is 0.237 e. The standard InChI is InChI=1S/C15H27N3O/c1-4-11-18(12-5-2)15(19)13-17(3)14-7-6-9-16-10-8-14/h4-5,14,16H,1-2,6-13H2,3H3. The quantitative estimate of drug-likeness (QED) is 0.704. The van der Waals surface area contributed by atoms with E-state index >= 15 is 0 Å². The summed E-state index contributed by atoms with van der Waals surface area (Å²) in [5.74, 6) is 0.152. The Labute approximate surface area is 117 Å². The normalized spacial score (nSPS) is 19.8. The van der Waals surface area contributed by atoms with Crippen molar-refractivity contribution in [3.05, 3.63) is 25.3 Å². The van der Waals surface area contributed by atoms with Crippen LogP contribution in [0.1, 0.15) is 19.3 Å². The third-order valence-electron chi connectivity index (χ3n) is 3.60. The molecule has 0 bridgehead atoms. The van der Waals surface area contributed by atoms with Crippen molar-refractivity contribution in [2.24, 2.45) is 0 Å². The van der Waals surface area contributed by atoms with Gasteiger partial charge in [0.25, 0.3) is 0 Å². The van der Waals surface area contributed by atoms with E-state index in [1.165, 1.54) is 12.8 Å². The fourth-order valence-electron chi connectivity index (χ4n) is 2.47. The van der Waals surface area contributed by atoms with E-state index in [2.05, 4.69) is 23.4 Å². The van der Waals surface area contributed by atoms with Gasteiger partial charge >= 0.3 is 0 Å². The molecule has 1 rings (SSSR count). The molecule has 0 aromatic rings. The molecule has 0 aliphatic carbocycles. The number of hydrogen-bond acceptors (Lipinski definition) is 3. The summed E-state index contributed by atoms with van der Waals surface area (Å²) in [5, 5.41) is 3.40. The minimum atomic E-state index is 0.152. The molecule has 108 valence electrons. The Kier molecular flexibility index (Phi) is 7.45. The molecule has 0 aromatic carbocycles. The van der Waals surface area contributed by atoms with E-state index in [-0.39, 0.29) is 5.91 Å². The van der Waals surface area contributed by atoms with Crippen molar-refractivity contribution in [2.75, 3.05) is 39.8 Å². The molecule has 19 heavy (non-hydrogen) atoms. The minimum absolute atomic E-state index is 0.152. The van der Waals surface area contributed by atoms with Crippen LogP contribution in [0.5, 0.6) is 0 Å². The summed E-state index contributed by atoms with van der Waals surface area (Å²) in [6.07, 6.45) is 6.99. The third-order valence-corrected chi connectivity index (χ3v) is 3.60. The van der Waals surface area contributed by atoms with Crippen LogP contribution in [0.3, 0.4) is 0 Å². The number of carbonyl (C=O) groups is 1. The first kappa shape index (κ1) is 15.9. The number of carbonyl (C=O) groups excluding carboxylic acids is 1. The van der Waals surface area contributed by atoms with Crippen molar-refractivity contribution in [1.29, 1.82) is 0 Å². The van der Waals surface area contributed by atoms with Gasteiger partial charge < -0.3 is 10.2 Å². The van der Waals surface area contributed by atoms with Crippen LogP contribution in [0.2, 0.25) is 0 Å². The minimum Gasteiger partial charge on any atom is -0.334 e. The summed E-state index contributed by atoms with van der Waals surface area (Å²) >= 11 is 0. The maximum absolute atomic E-state index is 12.2. The number of hydrogen-bond donors (Lipinski definition) is 1. The van der Waals surface area contributed by atoms with Gasteiger partial charge in [0.15, 0.2) is 0 Å². The van der Waals surface area contributed by atoms with Gasteiger partial charge in [-0.3, -0.25) is 9.69 Å². The number of rotatable bonds is 7. The highest BCUT2D eigenvalue weighted by Gasteiger charge is 2.20. The summed E-state index contributed by atoms with van der Waals surface area (Å²) in [7, 11) is 2.05. The molecule has 1 amide bonds. The van der Waals surface area contributed by atoms with Gasteiger partial charge in [0, 0.05) is 19.1 Å². The highest BCUT2D eigenvalue weighted by Crippen LogP contribution is 2.11. The molecule has 0 spiro atoms. The molecule has 4 heteroatoms. The lowest BCUT2D eigenvalue weighted by Crippen LogP contribution is -2.43. The number of amides is 1. The second-order valence-corrected chi connectivity index (χ2v) is 5.13. The molecule has 1 atom stereocenters. The van der Waals surface area contributed by atoms with Gasteiger partial charge in [0.05, 0.1) is 6.54 Å². The highest BCUT2D eigenvalue weighted by molar-refractivity contribution is 5.78. The third kappa shape index (κ3) is 5.57. The maximum atomic E-state index is 12.2. The summed E-state index contributed by atoms with van der Waals surface area (Å²) < 4.78 is 0. The van der Waals surface area contributed by atoms with E-state index in [1.807, 2.05) is 7.05 Å². The molecule has 1 saturated heterocycles. The molecule has 1 fully saturated rings. The lowest BCUT2D eigenvalue weighted by Gasteiger charge is -2.29. The zero-order valence-corrected chi connectivity index (χ0v) is 12.1. The highest BCUT2D eigenvalue weighted by atomic mass is 16.2. The summed E-state index contributed by atoms with van der Waals surface area (Å²) in [4.78, 5) is 16.2. The van der Waals surface area contributed by atoms with Crippen molar-refractivity contribution < 1.29 is 4.79 Å². The molecule has 1 heterocycles. The molecule has 0 saturated carbocycles. The Morgan fingerprint density at radius 2 is 1.95 bits per heavy atom. The largest absolute Gasteiger partial charge is 0.334 e. The van der Waals surface area contributed by atoms with Crippen molar-refractivity contribution in [2.45, 2.75) is 25.3 Å². The molecule has 1 unspecified atom stereocenters. The zero-order chi connectivity index (χ0) is 14.1. The number of likely N-dealkylation sites (N-methyl/N-ethyl adjacent to an activating group) is 1. The van der Waals surface area contributed by atoms with Gasteiger partial charge in [-0.15, -0.1) is 13.2 Å². The Morgan fingerprint density at radius 1 is 1.26 bits per heavy atom. The van der Waals surface area contributed by atoms with Crippen LogP contribution in [0, 0.1) is 0 Å². The summed E-state index contributed by atoms with van der Waals surface area (Å²) in [6, 6.07) is 0.508. The molecule has 1 aliphatic heterocycles. The van der Waals surface area contributed by atoms with Crippen molar-refractivity contribution in [1.82, 2.24) is 15.1 Å².